The van der Waals surface area contributed by atoms with Crippen molar-refractivity contribution < 1.29 is 18.8 Å². The number of ketones is 1. The molecule has 1 aromatic heterocycles. The fourth-order valence-corrected chi connectivity index (χ4v) is 3.73. The molecule has 0 aliphatic carbocycles. The van der Waals surface area contributed by atoms with Crippen LogP contribution in [0.5, 0.6) is 0 Å². The van der Waals surface area contributed by atoms with E-state index in [9.17, 15) is 14.4 Å². The first-order valence-corrected chi connectivity index (χ1v) is 9.36. The van der Waals surface area contributed by atoms with Crippen molar-refractivity contribution in [2.75, 3.05) is 16.3 Å². The molecule has 1 atom stereocenters. The smallest absolute Gasteiger partial charge is 0.294 e. The Bertz CT molecular complexity index is 1070. The standard InChI is InChI=1S/C23H20N2O4/c1-15-14-24(23(28)21-9-6-12-29-21)20-13-18(10-11-19(20)25(15)16(2)26)22(27)17-7-4-3-5-8-17/h3-13,15H,14H2,1-2H3. The topological polar surface area (TPSA) is 70.8 Å². The normalized spacial score (nSPS) is 15.7. The molecule has 0 saturated carbocycles. The Balaban J connectivity index is 1.82. The fourth-order valence-electron chi connectivity index (χ4n) is 3.73. The van der Waals surface area contributed by atoms with Crippen LogP contribution in [0.3, 0.4) is 0 Å². The third-order valence-electron chi connectivity index (χ3n) is 5.03. The van der Waals surface area contributed by atoms with E-state index < -0.39 is 0 Å². The molecule has 2 heterocycles. The lowest BCUT2D eigenvalue weighted by atomic mass is 9.99. The van der Waals surface area contributed by atoms with Crippen molar-refractivity contribution in [2.24, 2.45) is 0 Å². The van der Waals surface area contributed by atoms with E-state index in [1.165, 1.54) is 13.2 Å². The molecule has 2 amide bonds. The minimum absolute atomic E-state index is 0.119. The number of benzene rings is 2. The van der Waals surface area contributed by atoms with Gasteiger partial charge in [0.2, 0.25) is 5.91 Å². The Labute approximate surface area is 168 Å². The molecular formula is C23H20N2O4. The molecule has 3 aromatic rings. The zero-order valence-corrected chi connectivity index (χ0v) is 16.2. The maximum absolute atomic E-state index is 13.0. The number of amides is 2. The number of hydrogen-bond acceptors (Lipinski definition) is 4. The largest absolute Gasteiger partial charge is 0.459 e. The summed E-state index contributed by atoms with van der Waals surface area (Å²) in [5.41, 5.74) is 2.12. The first kappa shape index (κ1) is 18.7. The Kier molecular flexibility index (Phi) is 4.76. The highest BCUT2D eigenvalue weighted by atomic mass is 16.3. The average molecular weight is 388 g/mol. The molecule has 1 unspecified atom stereocenters. The summed E-state index contributed by atoms with van der Waals surface area (Å²) in [6, 6.07) is 17.1. The van der Waals surface area contributed by atoms with Crippen LogP contribution in [0.25, 0.3) is 0 Å². The van der Waals surface area contributed by atoms with Gasteiger partial charge in [0.25, 0.3) is 5.91 Å². The Morgan fingerprint density at radius 1 is 0.931 bits per heavy atom. The van der Waals surface area contributed by atoms with Gasteiger partial charge in [-0.3, -0.25) is 14.4 Å². The number of fused-ring (bicyclic) bond motifs is 1. The summed E-state index contributed by atoms with van der Waals surface area (Å²) >= 11 is 0. The Morgan fingerprint density at radius 2 is 1.69 bits per heavy atom. The van der Waals surface area contributed by atoms with Crippen molar-refractivity contribution >= 4 is 29.0 Å². The maximum Gasteiger partial charge on any atom is 0.294 e. The summed E-state index contributed by atoms with van der Waals surface area (Å²) in [5.74, 6) is -0.368. The summed E-state index contributed by atoms with van der Waals surface area (Å²) < 4.78 is 5.28. The molecule has 6 heteroatoms. The number of carbonyl (C=O) groups excluding carboxylic acids is 3. The van der Waals surface area contributed by atoms with E-state index in [1.54, 1.807) is 64.4 Å². The van der Waals surface area contributed by atoms with E-state index >= 15 is 0 Å². The SMILES string of the molecule is CC(=O)N1c2ccc(C(=O)c3ccccc3)cc2N(C(=O)c2ccco2)CC1C. The third-order valence-corrected chi connectivity index (χ3v) is 5.03. The van der Waals surface area contributed by atoms with Crippen LogP contribution in [0.2, 0.25) is 0 Å². The second kappa shape index (κ2) is 7.39. The van der Waals surface area contributed by atoms with Gasteiger partial charge in [0, 0.05) is 24.6 Å². The number of hydrogen-bond donors (Lipinski definition) is 0. The van der Waals surface area contributed by atoms with Gasteiger partial charge in [0.15, 0.2) is 11.5 Å². The molecule has 1 aliphatic rings. The zero-order valence-electron chi connectivity index (χ0n) is 16.2. The van der Waals surface area contributed by atoms with Crippen LogP contribution < -0.4 is 9.80 Å². The van der Waals surface area contributed by atoms with Crippen LogP contribution in [0.1, 0.15) is 40.3 Å². The highest BCUT2D eigenvalue weighted by Gasteiger charge is 2.35. The predicted octanol–water partition coefficient (Wildman–Crippen LogP) is 3.91. The minimum Gasteiger partial charge on any atom is -0.459 e. The monoisotopic (exact) mass is 388 g/mol. The van der Waals surface area contributed by atoms with Gasteiger partial charge >= 0.3 is 0 Å². The molecule has 29 heavy (non-hydrogen) atoms. The molecule has 2 aromatic carbocycles. The van der Waals surface area contributed by atoms with Gasteiger partial charge in [0.1, 0.15) is 0 Å². The highest BCUT2D eigenvalue weighted by molar-refractivity contribution is 6.13. The molecule has 0 bridgehead atoms. The average Bonchev–Trinajstić information content (AvgIpc) is 3.27. The molecular weight excluding hydrogens is 368 g/mol. The first-order chi connectivity index (χ1) is 14.0. The third kappa shape index (κ3) is 3.33. The van der Waals surface area contributed by atoms with E-state index in [2.05, 4.69) is 0 Å². The van der Waals surface area contributed by atoms with Crippen molar-refractivity contribution in [1.29, 1.82) is 0 Å². The maximum atomic E-state index is 13.0. The van der Waals surface area contributed by atoms with Gasteiger partial charge in [-0.25, -0.2) is 0 Å². The number of anilines is 2. The molecule has 6 nitrogen and oxygen atoms in total. The van der Waals surface area contributed by atoms with Crippen molar-refractivity contribution in [3.8, 4) is 0 Å². The van der Waals surface area contributed by atoms with E-state index in [4.69, 9.17) is 4.42 Å². The van der Waals surface area contributed by atoms with Crippen molar-refractivity contribution in [1.82, 2.24) is 0 Å². The minimum atomic E-state index is -0.310. The number of furan rings is 1. The van der Waals surface area contributed by atoms with Crippen LogP contribution in [0, 0.1) is 0 Å². The first-order valence-electron chi connectivity index (χ1n) is 9.36. The second-order valence-corrected chi connectivity index (χ2v) is 7.03. The molecule has 0 saturated heterocycles. The summed E-state index contributed by atoms with van der Waals surface area (Å²) in [5, 5.41) is 0. The molecule has 1 aliphatic heterocycles. The zero-order chi connectivity index (χ0) is 20.5. The van der Waals surface area contributed by atoms with Crippen LogP contribution in [-0.4, -0.2) is 30.2 Å². The Morgan fingerprint density at radius 3 is 2.34 bits per heavy atom. The number of nitrogens with zero attached hydrogens (tertiary/aromatic N) is 2. The summed E-state index contributed by atoms with van der Waals surface area (Å²) in [4.78, 5) is 41.4. The number of carbonyl (C=O) groups is 3. The predicted molar refractivity (Wildman–Crippen MR) is 109 cm³/mol. The van der Waals surface area contributed by atoms with Crippen LogP contribution in [-0.2, 0) is 4.79 Å². The van der Waals surface area contributed by atoms with Gasteiger partial charge in [-0.2, -0.15) is 0 Å². The van der Waals surface area contributed by atoms with Crippen LogP contribution in [0.15, 0.2) is 71.3 Å². The summed E-state index contributed by atoms with van der Waals surface area (Å²) in [7, 11) is 0. The van der Waals surface area contributed by atoms with E-state index in [0.717, 1.165) is 0 Å². The lowest BCUT2D eigenvalue weighted by Gasteiger charge is -2.40. The lowest BCUT2D eigenvalue weighted by molar-refractivity contribution is -0.117. The summed E-state index contributed by atoms with van der Waals surface area (Å²) in [6.07, 6.45) is 1.44. The molecule has 0 spiro atoms. The lowest BCUT2D eigenvalue weighted by Crippen LogP contribution is -2.51. The van der Waals surface area contributed by atoms with Crippen LogP contribution >= 0.6 is 0 Å². The van der Waals surface area contributed by atoms with E-state index in [1.807, 2.05) is 13.0 Å². The fraction of sp³-hybridized carbons (Fsp3) is 0.174. The van der Waals surface area contributed by atoms with Crippen molar-refractivity contribution in [2.45, 2.75) is 19.9 Å². The van der Waals surface area contributed by atoms with Gasteiger partial charge in [0.05, 0.1) is 23.7 Å². The van der Waals surface area contributed by atoms with Gasteiger partial charge < -0.3 is 14.2 Å². The number of rotatable bonds is 3. The quantitative estimate of drug-likeness (QED) is 0.638. The van der Waals surface area contributed by atoms with Crippen molar-refractivity contribution in [3.05, 3.63) is 83.8 Å². The van der Waals surface area contributed by atoms with Gasteiger partial charge in [-0.05, 0) is 37.3 Å². The molecule has 0 radical (unpaired) electrons. The molecule has 0 N–H and O–H groups in total. The van der Waals surface area contributed by atoms with Crippen molar-refractivity contribution in [3.63, 3.8) is 0 Å². The van der Waals surface area contributed by atoms with E-state index in [-0.39, 0.29) is 29.4 Å². The highest BCUT2D eigenvalue weighted by Crippen LogP contribution is 2.37. The van der Waals surface area contributed by atoms with E-state index in [0.29, 0.717) is 29.0 Å². The van der Waals surface area contributed by atoms with Gasteiger partial charge in [-0.1, -0.05) is 30.3 Å². The summed E-state index contributed by atoms with van der Waals surface area (Å²) in [6.45, 7) is 3.68. The second-order valence-electron chi connectivity index (χ2n) is 7.03. The van der Waals surface area contributed by atoms with Gasteiger partial charge in [-0.15, -0.1) is 0 Å². The van der Waals surface area contributed by atoms with Crippen LogP contribution in [0.4, 0.5) is 11.4 Å². The molecule has 0 fully saturated rings. The molecule has 4 rings (SSSR count). The Hall–Kier alpha value is -3.67. The molecule has 146 valence electrons.